The first-order valence-corrected chi connectivity index (χ1v) is 4.21. The third kappa shape index (κ3) is 6.94. The number of halogens is 1. The Hall–Kier alpha value is -1.10. The Labute approximate surface area is 110 Å². The smallest absolute Gasteiger partial charge is 0 e. The Bertz CT molecular complexity index is 346. The van der Waals surface area contributed by atoms with Crippen molar-refractivity contribution in [3.63, 3.8) is 0 Å². The molecule has 0 aromatic heterocycles. The SMILES string of the molecule is F[C@@H]1CCc2ccccc21.[C-]#[O+].[C-]#[O+].[C-]#[O+].[Cr]. The molecule has 0 saturated carbocycles. The van der Waals surface area contributed by atoms with E-state index in [1.165, 1.54) is 5.56 Å². The monoisotopic (exact) mass is 272 g/mol. The molecule has 1 atom stereocenters. The Morgan fingerprint density at radius 3 is 1.94 bits per heavy atom. The molecule has 0 aliphatic heterocycles. The van der Waals surface area contributed by atoms with Gasteiger partial charge in [-0.2, -0.15) is 0 Å². The summed E-state index contributed by atoms with van der Waals surface area (Å²) in [6.45, 7) is 13.5. The van der Waals surface area contributed by atoms with Crippen LogP contribution in [0.25, 0.3) is 0 Å². The van der Waals surface area contributed by atoms with Crippen LogP contribution in [0.5, 0.6) is 0 Å². The van der Waals surface area contributed by atoms with Gasteiger partial charge in [-0.1, -0.05) is 24.3 Å². The van der Waals surface area contributed by atoms with Gasteiger partial charge in [0.2, 0.25) is 0 Å². The van der Waals surface area contributed by atoms with Crippen molar-refractivity contribution < 1.29 is 35.7 Å². The zero-order valence-electron chi connectivity index (χ0n) is 8.81. The zero-order valence-corrected chi connectivity index (χ0v) is 10.1. The Balaban J connectivity index is -0.000000248. The van der Waals surface area contributed by atoms with E-state index in [0.29, 0.717) is 6.42 Å². The van der Waals surface area contributed by atoms with E-state index in [2.05, 4.69) is 20.0 Å². The fourth-order valence-corrected chi connectivity index (χ4v) is 1.51. The van der Waals surface area contributed by atoms with E-state index in [4.69, 9.17) is 14.0 Å². The van der Waals surface area contributed by atoms with Crippen molar-refractivity contribution in [1.29, 1.82) is 0 Å². The topological polar surface area (TPSA) is 59.7 Å². The molecule has 17 heavy (non-hydrogen) atoms. The summed E-state index contributed by atoms with van der Waals surface area (Å²) in [6, 6.07) is 7.76. The predicted molar refractivity (Wildman–Crippen MR) is 50.4 cm³/mol. The predicted octanol–water partition coefficient (Wildman–Crippen LogP) is 2.53. The molecular weight excluding hydrogens is 263 g/mol. The van der Waals surface area contributed by atoms with Crippen molar-refractivity contribution in [2.24, 2.45) is 0 Å². The second-order valence-electron chi connectivity index (χ2n) is 2.71. The normalized spacial score (nSPS) is 13.7. The van der Waals surface area contributed by atoms with Crippen molar-refractivity contribution in [1.82, 2.24) is 0 Å². The maximum Gasteiger partial charge on any atom is 0 e. The van der Waals surface area contributed by atoms with Gasteiger partial charge < -0.3 is 0 Å². The van der Waals surface area contributed by atoms with E-state index in [9.17, 15) is 4.39 Å². The maximum absolute atomic E-state index is 12.9. The first-order chi connectivity index (χ1) is 7.88. The molecule has 0 heterocycles. The average Bonchev–Trinajstić information content (AvgIpc) is 2.79. The fraction of sp³-hybridized carbons (Fsp3) is 0.250. The minimum Gasteiger partial charge on any atom is 0 e. The summed E-state index contributed by atoms with van der Waals surface area (Å²) >= 11 is 0. The Morgan fingerprint density at radius 1 is 1.00 bits per heavy atom. The van der Waals surface area contributed by atoms with E-state index in [1.54, 1.807) is 0 Å². The van der Waals surface area contributed by atoms with Gasteiger partial charge in [0.1, 0.15) is 6.17 Å². The van der Waals surface area contributed by atoms with Crippen molar-refractivity contribution in [2.75, 3.05) is 0 Å². The van der Waals surface area contributed by atoms with Gasteiger partial charge in [-0.15, -0.1) is 0 Å². The number of alkyl halides is 1. The largest absolute Gasteiger partial charge is 0 e. The summed E-state index contributed by atoms with van der Waals surface area (Å²) in [5.41, 5.74) is 2.09. The molecule has 1 aliphatic rings. The van der Waals surface area contributed by atoms with Crippen LogP contribution in [0, 0.1) is 20.0 Å². The third-order valence-corrected chi connectivity index (χ3v) is 2.06. The Morgan fingerprint density at radius 2 is 1.47 bits per heavy atom. The van der Waals surface area contributed by atoms with Crippen LogP contribution in [0.4, 0.5) is 4.39 Å². The van der Waals surface area contributed by atoms with Crippen LogP contribution in [0.1, 0.15) is 23.7 Å². The van der Waals surface area contributed by atoms with Gasteiger partial charge in [0.15, 0.2) is 0 Å². The van der Waals surface area contributed by atoms with Crippen LogP contribution in [-0.4, -0.2) is 0 Å². The van der Waals surface area contributed by atoms with Crippen LogP contribution in [0.2, 0.25) is 0 Å². The standard InChI is InChI=1S/C9H9F.3CO.Cr/c10-9-6-5-7-3-1-2-4-8(7)9;3*1-2;/h1-4,9H,5-6H2;;;;/t9-;;;;/m1..../s1. The second kappa shape index (κ2) is 14.9. The molecule has 88 valence electrons. The Kier molecular flexibility index (Phi) is 18.6. The molecule has 1 aromatic rings. The number of hydrogen-bond acceptors (Lipinski definition) is 0. The fourth-order valence-electron chi connectivity index (χ4n) is 1.51. The van der Waals surface area contributed by atoms with E-state index >= 15 is 0 Å². The molecule has 2 rings (SSSR count). The van der Waals surface area contributed by atoms with Gasteiger partial charge >= 0.3 is 33.9 Å². The number of fused-ring (bicyclic) bond motifs is 1. The molecule has 5 heteroatoms. The third-order valence-electron chi connectivity index (χ3n) is 2.06. The molecule has 0 radical (unpaired) electrons. The van der Waals surface area contributed by atoms with Gasteiger partial charge in [-0.05, 0) is 24.0 Å². The van der Waals surface area contributed by atoms with Crippen molar-refractivity contribution >= 4 is 0 Å². The number of hydrogen-bond donors (Lipinski definition) is 0. The summed E-state index contributed by atoms with van der Waals surface area (Å²) in [6.07, 6.45) is 0.896. The summed E-state index contributed by atoms with van der Waals surface area (Å²) in [5.74, 6) is 0. The molecule has 0 saturated heterocycles. The minimum atomic E-state index is -0.698. The molecule has 1 aliphatic carbocycles. The van der Waals surface area contributed by atoms with Gasteiger partial charge in [-0.3, -0.25) is 0 Å². The van der Waals surface area contributed by atoms with Gasteiger partial charge in [-0.25, -0.2) is 4.39 Å². The van der Waals surface area contributed by atoms with Crippen molar-refractivity contribution in [3.8, 4) is 0 Å². The minimum absolute atomic E-state index is 0. The van der Waals surface area contributed by atoms with Gasteiger partial charge in [0.05, 0.1) is 0 Å². The number of aryl methyl sites for hydroxylation is 1. The quantitative estimate of drug-likeness (QED) is 0.514. The molecule has 0 fully saturated rings. The van der Waals surface area contributed by atoms with E-state index in [0.717, 1.165) is 12.0 Å². The summed E-state index contributed by atoms with van der Waals surface area (Å²) < 4.78 is 35.4. The van der Waals surface area contributed by atoms with Crippen LogP contribution in [0.3, 0.4) is 0 Å². The van der Waals surface area contributed by atoms with E-state index in [-0.39, 0.29) is 17.4 Å². The molecule has 3 nitrogen and oxygen atoms in total. The maximum atomic E-state index is 12.9. The summed E-state index contributed by atoms with van der Waals surface area (Å²) in [7, 11) is 0. The van der Waals surface area contributed by atoms with Crippen LogP contribution in [0.15, 0.2) is 24.3 Å². The molecule has 0 spiro atoms. The first-order valence-electron chi connectivity index (χ1n) is 4.21. The van der Waals surface area contributed by atoms with Crippen LogP contribution < -0.4 is 0 Å². The number of benzene rings is 1. The van der Waals surface area contributed by atoms with Gasteiger partial charge in [0.25, 0.3) is 0 Å². The molecule has 0 bridgehead atoms. The van der Waals surface area contributed by atoms with E-state index in [1.807, 2.05) is 24.3 Å². The van der Waals surface area contributed by atoms with Crippen molar-refractivity contribution in [3.05, 3.63) is 55.3 Å². The van der Waals surface area contributed by atoms with E-state index < -0.39 is 6.17 Å². The summed E-state index contributed by atoms with van der Waals surface area (Å²) in [4.78, 5) is 0. The summed E-state index contributed by atoms with van der Waals surface area (Å²) in [5, 5.41) is 0. The molecule has 1 aromatic carbocycles. The average molecular weight is 272 g/mol. The molecule has 0 amide bonds. The second-order valence-corrected chi connectivity index (χ2v) is 2.71. The van der Waals surface area contributed by atoms with Crippen LogP contribution in [-0.2, 0) is 37.7 Å². The number of rotatable bonds is 0. The molecular formula is C12H9CrFO3. The molecule has 0 unspecified atom stereocenters. The molecule has 0 N–H and O–H groups in total. The van der Waals surface area contributed by atoms with Gasteiger partial charge in [0, 0.05) is 17.4 Å². The van der Waals surface area contributed by atoms with Crippen LogP contribution >= 0.6 is 0 Å². The first kappa shape index (κ1) is 21.2. The van der Waals surface area contributed by atoms with Crippen molar-refractivity contribution in [2.45, 2.75) is 19.0 Å². The zero-order chi connectivity index (χ0) is 13.0.